The van der Waals surface area contributed by atoms with Crippen molar-refractivity contribution in [2.75, 3.05) is 7.11 Å². The summed E-state index contributed by atoms with van der Waals surface area (Å²) in [5.74, 6) is 0.749. The van der Waals surface area contributed by atoms with E-state index in [9.17, 15) is 9.59 Å². The van der Waals surface area contributed by atoms with E-state index in [1.807, 2.05) is 61.5 Å². The van der Waals surface area contributed by atoms with Gasteiger partial charge in [-0.2, -0.15) is 0 Å². The van der Waals surface area contributed by atoms with Crippen molar-refractivity contribution in [1.29, 1.82) is 0 Å². The highest BCUT2D eigenvalue weighted by Gasteiger charge is 2.19. The number of para-hydroxylation sites is 1. The topological polar surface area (TPSA) is 71.0 Å². The van der Waals surface area contributed by atoms with Gasteiger partial charge in [0.25, 0.3) is 5.56 Å². The van der Waals surface area contributed by atoms with E-state index in [2.05, 4.69) is 4.98 Å². The second kappa shape index (κ2) is 8.41. The molecule has 0 aliphatic carbocycles. The molecule has 0 N–H and O–H groups in total. The molecule has 0 radical (unpaired) electrons. The molecule has 7 nitrogen and oxygen atoms in total. The molecule has 2 aromatic heterocycles. The Balaban J connectivity index is 1.94. The maximum absolute atomic E-state index is 13.3. The van der Waals surface area contributed by atoms with Crippen LogP contribution in [0.25, 0.3) is 16.9 Å². The quantitative estimate of drug-likeness (QED) is 0.474. The third-order valence-corrected chi connectivity index (χ3v) is 5.14. The molecule has 0 saturated carbocycles. The Labute approximate surface area is 173 Å². The summed E-state index contributed by atoms with van der Waals surface area (Å²) in [5.41, 5.74) is 1.77. The molecule has 0 bridgehead atoms. The first kappa shape index (κ1) is 19.7. The summed E-state index contributed by atoms with van der Waals surface area (Å²) in [5, 5.41) is 0. The molecule has 0 fully saturated rings. The number of hydrogen-bond acceptors (Lipinski definition) is 4. The minimum absolute atomic E-state index is 0.309. The first-order chi connectivity index (χ1) is 14.6. The lowest BCUT2D eigenvalue weighted by atomic mass is 10.2. The second-order valence-electron chi connectivity index (χ2n) is 7.16. The standard InChI is InChI=1S/C23H24N4O3/c1-3-4-13-26-22(28)20-21(27(23(26)29)18-10-6-5-7-11-18)24-16-25(20)15-17-9-8-12-19(14-17)30-2/h5-12,14,16H,3-4,13,15H2,1-2H3. The molecule has 0 spiro atoms. The average Bonchev–Trinajstić information content (AvgIpc) is 3.18. The van der Waals surface area contributed by atoms with E-state index in [4.69, 9.17) is 4.74 Å². The number of aromatic nitrogens is 4. The van der Waals surface area contributed by atoms with Crippen LogP contribution >= 0.6 is 0 Å². The molecule has 0 unspecified atom stereocenters. The van der Waals surface area contributed by atoms with Crippen LogP contribution in [0.4, 0.5) is 0 Å². The normalized spacial score (nSPS) is 11.1. The van der Waals surface area contributed by atoms with Gasteiger partial charge in [-0.15, -0.1) is 0 Å². The van der Waals surface area contributed by atoms with Crippen molar-refractivity contribution >= 4 is 11.2 Å². The van der Waals surface area contributed by atoms with Crippen molar-refractivity contribution in [3.05, 3.63) is 87.3 Å². The molecule has 30 heavy (non-hydrogen) atoms. The Kier molecular flexibility index (Phi) is 5.52. The lowest BCUT2D eigenvalue weighted by Crippen LogP contribution is -2.40. The Morgan fingerprint density at radius 1 is 1.03 bits per heavy atom. The van der Waals surface area contributed by atoms with Gasteiger partial charge in [-0.25, -0.2) is 14.3 Å². The fourth-order valence-corrected chi connectivity index (χ4v) is 3.59. The summed E-state index contributed by atoms with van der Waals surface area (Å²) in [7, 11) is 1.62. The summed E-state index contributed by atoms with van der Waals surface area (Å²) in [4.78, 5) is 31.0. The molecule has 154 valence electrons. The maximum atomic E-state index is 13.3. The van der Waals surface area contributed by atoms with Gasteiger partial charge in [0.05, 0.1) is 19.1 Å². The fourth-order valence-electron chi connectivity index (χ4n) is 3.59. The molecule has 0 atom stereocenters. The third kappa shape index (κ3) is 3.54. The first-order valence-electron chi connectivity index (χ1n) is 10.0. The summed E-state index contributed by atoms with van der Waals surface area (Å²) < 4.78 is 9.95. The lowest BCUT2D eigenvalue weighted by molar-refractivity contribution is 0.414. The van der Waals surface area contributed by atoms with E-state index in [0.29, 0.717) is 29.9 Å². The SMILES string of the molecule is CCCCn1c(=O)c2c(ncn2Cc2cccc(OC)c2)n(-c2ccccc2)c1=O. The van der Waals surface area contributed by atoms with Gasteiger partial charge < -0.3 is 9.30 Å². The van der Waals surface area contributed by atoms with Gasteiger partial charge >= 0.3 is 5.69 Å². The zero-order chi connectivity index (χ0) is 21.1. The van der Waals surface area contributed by atoms with Crippen LogP contribution in [0.3, 0.4) is 0 Å². The van der Waals surface area contributed by atoms with Crippen LogP contribution < -0.4 is 16.0 Å². The number of fused-ring (bicyclic) bond motifs is 1. The van der Waals surface area contributed by atoms with Crippen LogP contribution in [0.15, 0.2) is 70.5 Å². The number of unbranched alkanes of at least 4 members (excludes halogenated alkanes) is 1. The molecule has 0 aliphatic heterocycles. The van der Waals surface area contributed by atoms with E-state index in [1.54, 1.807) is 18.0 Å². The number of nitrogens with zero attached hydrogens (tertiary/aromatic N) is 4. The number of hydrogen-bond donors (Lipinski definition) is 0. The van der Waals surface area contributed by atoms with E-state index in [-0.39, 0.29) is 11.2 Å². The highest BCUT2D eigenvalue weighted by atomic mass is 16.5. The van der Waals surface area contributed by atoms with E-state index >= 15 is 0 Å². The van der Waals surface area contributed by atoms with Gasteiger partial charge in [0.1, 0.15) is 5.75 Å². The number of imidazole rings is 1. The van der Waals surface area contributed by atoms with Crippen LogP contribution in [-0.4, -0.2) is 25.8 Å². The predicted molar refractivity (Wildman–Crippen MR) is 117 cm³/mol. The zero-order valence-corrected chi connectivity index (χ0v) is 17.1. The van der Waals surface area contributed by atoms with Crippen molar-refractivity contribution < 1.29 is 4.74 Å². The molecular formula is C23H24N4O3. The molecule has 4 rings (SSSR count). The zero-order valence-electron chi connectivity index (χ0n) is 17.1. The predicted octanol–water partition coefficient (Wildman–Crippen LogP) is 3.21. The second-order valence-corrected chi connectivity index (χ2v) is 7.16. The van der Waals surface area contributed by atoms with Crippen LogP contribution in [0.2, 0.25) is 0 Å². The van der Waals surface area contributed by atoms with Gasteiger partial charge in [0.2, 0.25) is 0 Å². The van der Waals surface area contributed by atoms with Crippen molar-refractivity contribution in [1.82, 2.24) is 18.7 Å². The summed E-state index contributed by atoms with van der Waals surface area (Å²) >= 11 is 0. The average molecular weight is 404 g/mol. The van der Waals surface area contributed by atoms with Crippen molar-refractivity contribution in [3.63, 3.8) is 0 Å². The lowest BCUT2D eigenvalue weighted by Gasteiger charge is -2.12. The Hall–Kier alpha value is -3.61. The summed E-state index contributed by atoms with van der Waals surface area (Å²) in [6.07, 6.45) is 3.26. The van der Waals surface area contributed by atoms with Crippen LogP contribution in [0.1, 0.15) is 25.3 Å². The van der Waals surface area contributed by atoms with Crippen LogP contribution in [0.5, 0.6) is 5.75 Å². The molecule has 7 heteroatoms. The third-order valence-electron chi connectivity index (χ3n) is 5.14. The largest absolute Gasteiger partial charge is 0.497 e. The molecular weight excluding hydrogens is 380 g/mol. The first-order valence-corrected chi connectivity index (χ1v) is 10.0. The van der Waals surface area contributed by atoms with Gasteiger partial charge in [-0.3, -0.25) is 9.36 Å². The Bertz CT molecular complexity index is 1290. The molecule has 2 aromatic carbocycles. The van der Waals surface area contributed by atoms with Crippen LogP contribution in [0, 0.1) is 0 Å². The summed E-state index contributed by atoms with van der Waals surface area (Å²) in [6.45, 7) is 2.86. The monoisotopic (exact) mass is 404 g/mol. The Morgan fingerprint density at radius 3 is 2.57 bits per heavy atom. The van der Waals surface area contributed by atoms with Crippen molar-refractivity contribution in [2.24, 2.45) is 0 Å². The minimum atomic E-state index is -0.362. The fraction of sp³-hybridized carbons (Fsp3) is 0.261. The number of ether oxygens (including phenoxy) is 1. The molecule has 4 aromatic rings. The molecule has 0 saturated heterocycles. The maximum Gasteiger partial charge on any atom is 0.337 e. The van der Waals surface area contributed by atoms with Gasteiger partial charge in [-0.05, 0) is 36.2 Å². The van der Waals surface area contributed by atoms with Crippen molar-refractivity contribution in [3.8, 4) is 11.4 Å². The van der Waals surface area contributed by atoms with E-state index in [1.165, 1.54) is 9.13 Å². The minimum Gasteiger partial charge on any atom is -0.497 e. The molecule has 0 aliphatic rings. The van der Waals surface area contributed by atoms with Crippen molar-refractivity contribution in [2.45, 2.75) is 32.9 Å². The van der Waals surface area contributed by atoms with Gasteiger partial charge in [-0.1, -0.05) is 43.7 Å². The van der Waals surface area contributed by atoms with E-state index < -0.39 is 0 Å². The number of methoxy groups -OCH3 is 1. The number of benzene rings is 2. The highest BCUT2D eigenvalue weighted by molar-refractivity contribution is 5.72. The molecule has 2 heterocycles. The van der Waals surface area contributed by atoms with Gasteiger partial charge in [0.15, 0.2) is 11.2 Å². The summed E-state index contributed by atoms with van der Waals surface area (Å²) in [6, 6.07) is 17.0. The highest BCUT2D eigenvalue weighted by Crippen LogP contribution is 2.17. The number of rotatable bonds is 7. The van der Waals surface area contributed by atoms with E-state index in [0.717, 1.165) is 24.2 Å². The van der Waals surface area contributed by atoms with Crippen LogP contribution in [-0.2, 0) is 13.1 Å². The molecule has 0 amide bonds. The Morgan fingerprint density at radius 2 is 1.83 bits per heavy atom. The van der Waals surface area contributed by atoms with Gasteiger partial charge in [0, 0.05) is 13.1 Å². The smallest absolute Gasteiger partial charge is 0.337 e.